The van der Waals surface area contributed by atoms with Crippen LogP contribution in [0.5, 0.6) is 0 Å². The number of carbonyl (C=O) groups is 2. The van der Waals surface area contributed by atoms with Crippen molar-refractivity contribution in [3.8, 4) is 0 Å². The molecule has 0 radical (unpaired) electrons. The molecular formula is C16H21NO3. The molecule has 20 heavy (non-hydrogen) atoms. The number of hydrogen-bond donors (Lipinski definition) is 0. The topological polar surface area (TPSA) is 46.6 Å². The van der Waals surface area contributed by atoms with Gasteiger partial charge in [0.25, 0.3) is 0 Å². The lowest BCUT2D eigenvalue weighted by molar-refractivity contribution is -0.126. The lowest BCUT2D eigenvalue weighted by atomic mass is 9.92. The van der Waals surface area contributed by atoms with Crippen molar-refractivity contribution in [2.24, 2.45) is 5.92 Å². The molecule has 0 aliphatic carbocycles. The van der Waals surface area contributed by atoms with Crippen molar-refractivity contribution in [2.45, 2.75) is 32.8 Å². The fraction of sp³-hybridized carbons (Fsp3) is 0.500. The van der Waals surface area contributed by atoms with Crippen LogP contribution in [0.25, 0.3) is 0 Å². The number of hydrogen-bond acceptors (Lipinski definition) is 3. The van der Waals surface area contributed by atoms with E-state index >= 15 is 0 Å². The third-order valence-electron chi connectivity index (χ3n) is 3.62. The van der Waals surface area contributed by atoms with Crippen molar-refractivity contribution in [3.05, 3.63) is 35.9 Å². The van der Waals surface area contributed by atoms with Gasteiger partial charge in [-0.25, -0.2) is 4.79 Å². The Morgan fingerprint density at radius 3 is 2.80 bits per heavy atom. The van der Waals surface area contributed by atoms with Crippen LogP contribution < -0.4 is 0 Å². The molecule has 108 valence electrons. The van der Waals surface area contributed by atoms with Crippen molar-refractivity contribution in [1.82, 2.24) is 4.90 Å². The van der Waals surface area contributed by atoms with E-state index in [4.69, 9.17) is 4.74 Å². The third-order valence-corrected chi connectivity index (χ3v) is 3.62. The van der Waals surface area contributed by atoms with Crippen LogP contribution in [-0.2, 0) is 16.1 Å². The lowest BCUT2D eigenvalue weighted by Gasteiger charge is -2.30. The fourth-order valence-electron chi connectivity index (χ4n) is 2.49. The molecule has 1 aromatic rings. The van der Waals surface area contributed by atoms with Gasteiger partial charge in [-0.15, -0.1) is 0 Å². The Bertz CT molecular complexity index is 458. The van der Waals surface area contributed by atoms with Crippen LogP contribution in [0.2, 0.25) is 0 Å². The average Bonchev–Trinajstić information content (AvgIpc) is 2.48. The Labute approximate surface area is 119 Å². The molecule has 4 nitrogen and oxygen atoms in total. The summed E-state index contributed by atoms with van der Waals surface area (Å²) in [4.78, 5) is 25.4. The number of ketones is 1. The van der Waals surface area contributed by atoms with Crippen molar-refractivity contribution >= 4 is 11.9 Å². The maximum absolute atomic E-state index is 12.0. The van der Waals surface area contributed by atoms with Crippen LogP contribution in [0.1, 0.15) is 31.7 Å². The van der Waals surface area contributed by atoms with E-state index in [1.54, 1.807) is 4.90 Å². The standard InChI is InChI=1S/C16H21NO3/c1-2-6-14-11-17(10-9-15(14)18)16(19)20-12-13-7-4-3-5-8-13/h3-5,7-8,14H,2,6,9-12H2,1H3. The van der Waals surface area contributed by atoms with Crippen LogP contribution in [0.4, 0.5) is 4.79 Å². The summed E-state index contributed by atoms with van der Waals surface area (Å²) in [6, 6.07) is 9.61. The maximum atomic E-state index is 12.0. The van der Waals surface area contributed by atoms with E-state index in [-0.39, 0.29) is 24.4 Å². The number of piperidine rings is 1. The van der Waals surface area contributed by atoms with Crippen molar-refractivity contribution in [2.75, 3.05) is 13.1 Å². The molecular weight excluding hydrogens is 254 g/mol. The quantitative estimate of drug-likeness (QED) is 0.848. The molecule has 1 aliphatic heterocycles. The van der Waals surface area contributed by atoms with Gasteiger partial charge in [0.15, 0.2) is 0 Å². The van der Waals surface area contributed by atoms with Gasteiger partial charge in [0.05, 0.1) is 0 Å². The first-order valence-corrected chi connectivity index (χ1v) is 7.19. The van der Waals surface area contributed by atoms with E-state index in [9.17, 15) is 9.59 Å². The zero-order valence-electron chi connectivity index (χ0n) is 11.9. The van der Waals surface area contributed by atoms with E-state index in [0.717, 1.165) is 18.4 Å². The smallest absolute Gasteiger partial charge is 0.410 e. The normalized spacial score (nSPS) is 18.9. The summed E-state index contributed by atoms with van der Waals surface area (Å²) in [5.74, 6) is 0.261. The number of ether oxygens (including phenoxy) is 1. The van der Waals surface area contributed by atoms with Gasteiger partial charge in [-0.05, 0) is 12.0 Å². The number of benzene rings is 1. The van der Waals surface area contributed by atoms with E-state index in [2.05, 4.69) is 6.92 Å². The highest BCUT2D eigenvalue weighted by Crippen LogP contribution is 2.18. The molecule has 0 bridgehead atoms. The van der Waals surface area contributed by atoms with Crippen molar-refractivity contribution in [3.63, 3.8) is 0 Å². The predicted molar refractivity (Wildman–Crippen MR) is 76.2 cm³/mol. The van der Waals surface area contributed by atoms with E-state index < -0.39 is 0 Å². The summed E-state index contributed by atoms with van der Waals surface area (Å²) in [7, 11) is 0. The Hall–Kier alpha value is -1.84. The van der Waals surface area contributed by atoms with Gasteiger partial charge in [0.1, 0.15) is 12.4 Å². The number of Topliss-reactive ketones (excluding diaryl/α,β-unsaturated/α-hetero) is 1. The molecule has 0 saturated carbocycles. The predicted octanol–water partition coefficient (Wildman–Crippen LogP) is 3.01. The summed E-state index contributed by atoms with van der Waals surface area (Å²) in [5, 5.41) is 0. The van der Waals surface area contributed by atoms with Gasteiger partial charge in [-0.3, -0.25) is 4.79 Å². The average molecular weight is 275 g/mol. The Kier molecular flexibility index (Phi) is 5.16. The van der Waals surface area contributed by atoms with Crippen LogP contribution >= 0.6 is 0 Å². The molecule has 1 amide bonds. The van der Waals surface area contributed by atoms with Gasteiger partial charge in [-0.2, -0.15) is 0 Å². The molecule has 1 aromatic carbocycles. The molecule has 1 aliphatic rings. The molecule has 4 heteroatoms. The van der Waals surface area contributed by atoms with E-state index in [0.29, 0.717) is 19.5 Å². The molecule has 0 aromatic heterocycles. The van der Waals surface area contributed by atoms with Gasteiger partial charge in [0.2, 0.25) is 0 Å². The Morgan fingerprint density at radius 1 is 1.35 bits per heavy atom. The van der Waals surface area contributed by atoms with Crippen LogP contribution in [0.3, 0.4) is 0 Å². The van der Waals surface area contributed by atoms with Gasteiger partial charge in [0, 0.05) is 25.4 Å². The summed E-state index contributed by atoms with van der Waals surface area (Å²) < 4.78 is 5.30. The molecule has 1 heterocycles. The van der Waals surface area contributed by atoms with Gasteiger partial charge < -0.3 is 9.64 Å². The third kappa shape index (κ3) is 3.83. The SMILES string of the molecule is CCCC1CN(C(=O)OCc2ccccc2)CCC1=O. The number of carbonyl (C=O) groups excluding carboxylic acids is 2. The van der Waals surface area contributed by atoms with Gasteiger partial charge >= 0.3 is 6.09 Å². The lowest BCUT2D eigenvalue weighted by Crippen LogP contribution is -2.44. The van der Waals surface area contributed by atoms with Crippen LogP contribution in [-0.4, -0.2) is 29.9 Å². The highest BCUT2D eigenvalue weighted by molar-refractivity contribution is 5.83. The Balaban J connectivity index is 1.84. The fourth-order valence-corrected chi connectivity index (χ4v) is 2.49. The van der Waals surface area contributed by atoms with Crippen LogP contribution in [0.15, 0.2) is 30.3 Å². The second kappa shape index (κ2) is 7.08. The maximum Gasteiger partial charge on any atom is 0.410 e. The monoisotopic (exact) mass is 275 g/mol. The summed E-state index contributed by atoms with van der Waals surface area (Å²) in [5.41, 5.74) is 0.971. The zero-order valence-corrected chi connectivity index (χ0v) is 11.9. The molecule has 1 saturated heterocycles. The second-order valence-corrected chi connectivity index (χ2v) is 5.19. The summed E-state index contributed by atoms with van der Waals surface area (Å²) in [6.07, 6.45) is 1.94. The summed E-state index contributed by atoms with van der Waals surface area (Å²) in [6.45, 7) is 3.31. The molecule has 2 rings (SSSR count). The Morgan fingerprint density at radius 2 is 2.10 bits per heavy atom. The number of likely N-dealkylation sites (tertiary alicyclic amines) is 1. The van der Waals surface area contributed by atoms with E-state index in [1.807, 2.05) is 30.3 Å². The largest absolute Gasteiger partial charge is 0.445 e. The van der Waals surface area contributed by atoms with Gasteiger partial charge in [-0.1, -0.05) is 43.7 Å². The summed E-state index contributed by atoms with van der Waals surface area (Å²) >= 11 is 0. The molecule has 1 fully saturated rings. The second-order valence-electron chi connectivity index (χ2n) is 5.19. The molecule has 1 atom stereocenters. The molecule has 1 unspecified atom stereocenters. The molecule has 0 spiro atoms. The first-order valence-electron chi connectivity index (χ1n) is 7.19. The minimum Gasteiger partial charge on any atom is -0.445 e. The van der Waals surface area contributed by atoms with Crippen LogP contribution in [0, 0.1) is 5.92 Å². The minimum absolute atomic E-state index is 0.0157. The highest BCUT2D eigenvalue weighted by Gasteiger charge is 2.29. The number of amides is 1. The minimum atomic E-state index is -0.317. The number of rotatable bonds is 4. The van der Waals surface area contributed by atoms with Crippen molar-refractivity contribution < 1.29 is 14.3 Å². The number of nitrogens with zero attached hydrogens (tertiary/aromatic N) is 1. The molecule has 0 N–H and O–H groups in total. The van der Waals surface area contributed by atoms with Crippen molar-refractivity contribution in [1.29, 1.82) is 0 Å². The zero-order chi connectivity index (χ0) is 14.4. The highest BCUT2D eigenvalue weighted by atomic mass is 16.6. The first-order chi connectivity index (χ1) is 9.70. The first kappa shape index (κ1) is 14.6. The van der Waals surface area contributed by atoms with E-state index in [1.165, 1.54) is 0 Å².